The van der Waals surface area contributed by atoms with E-state index in [0.29, 0.717) is 13.0 Å². The molecule has 0 aromatic carbocycles. The van der Waals surface area contributed by atoms with Crippen molar-refractivity contribution in [2.24, 2.45) is 0 Å². The van der Waals surface area contributed by atoms with Crippen LogP contribution >= 0.6 is 22.9 Å². The van der Waals surface area contributed by atoms with Gasteiger partial charge in [-0.15, -0.1) is 11.3 Å². The average Bonchev–Trinajstić information content (AvgIpc) is 2.79. The molecule has 20 heavy (non-hydrogen) atoms. The number of thiophene rings is 1. The fourth-order valence-corrected chi connectivity index (χ4v) is 4.82. The van der Waals surface area contributed by atoms with E-state index in [1.54, 1.807) is 11.3 Å². The van der Waals surface area contributed by atoms with Crippen LogP contribution in [0.5, 0.6) is 0 Å². The Morgan fingerprint density at radius 3 is 3.15 bits per heavy atom. The highest BCUT2D eigenvalue weighted by molar-refractivity contribution is 7.16. The maximum Gasteiger partial charge on any atom is 0.322 e. The van der Waals surface area contributed by atoms with Crippen LogP contribution in [-0.4, -0.2) is 31.8 Å². The minimum atomic E-state index is -0.394. The van der Waals surface area contributed by atoms with Gasteiger partial charge in [-0.05, 0) is 31.4 Å². The molecule has 1 saturated heterocycles. The fourth-order valence-electron chi connectivity index (χ4n) is 3.35. The number of hydrogen-bond donors (Lipinski definition) is 1. The molecule has 0 aliphatic carbocycles. The Morgan fingerprint density at radius 2 is 2.40 bits per heavy atom. The summed E-state index contributed by atoms with van der Waals surface area (Å²) in [7, 11) is 1.42. The number of fused-ring (bicyclic) bond motifs is 2. The summed E-state index contributed by atoms with van der Waals surface area (Å²) in [4.78, 5) is 13.1. The first-order valence-electron chi connectivity index (χ1n) is 6.80. The SMILES string of the molecule is COC(=O)C1CC2(CC(C)N1)OCCc1cc(Cl)sc12. The van der Waals surface area contributed by atoms with E-state index in [0.717, 1.165) is 17.2 Å². The van der Waals surface area contributed by atoms with Gasteiger partial charge < -0.3 is 14.8 Å². The maximum absolute atomic E-state index is 11.9. The smallest absolute Gasteiger partial charge is 0.322 e. The lowest BCUT2D eigenvalue weighted by atomic mass is 9.80. The van der Waals surface area contributed by atoms with Crippen LogP contribution < -0.4 is 5.32 Å². The maximum atomic E-state index is 11.9. The molecule has 3 unspecified atom stereocenters. The van der Waals surface area contributed by atoms with Gasteiger partial charge in [0, 0.05) is 17.3 Å². The number of halogens is 1. The third-order valence-corrected chi connectivity index (χ3v) is 5.58. The minimum Gasteiger partial charge on any atom is -0.468 e. The van der Waals surface area contributed by atoms with Gasteiger partial charge in [-0.2, -0.15) is 0 Å². The number of carbonyl (C=O) groups excluding carboxylic acids is 1. The van der Waals surface area contributed by atoms with Gasteiger partial charge in [-0.3, -0.25) is 4.79 Å². The normalized spacial score (nSPS) is 33.0. The highest BCUT2D eigenvalue weighted by Crippen LogP contribution is 2.47. The summed E-state index contributed by atoms with van der Waals surface area (Å²) in [6.45, 7) is 2.75. The zero-order chi connectivity index (χ0) is 14.3. The second-order valence-electron chi connectivity index (χ2n) is 5.55. The van der Waals surface area contributed by atoms with Crippen LogP contribution in [0.3, 0.4) is 0 Å². The lowest BCUT2D eigenvalue weighted by Gasteiger charge is -2.45. The van der Waals surface area contributed by atoms with Gasteiger partial charge in [0.2, 0.25) is 0 Å². The van der Waals surface area contributed by atoms with Crippen molar-refractivity contribution in [3.05, 3.63) is 20.8 Å². The molecule has 4 nitrogen and oxygen atoms in total. The van der Waals surface area contributed by atoms with Gasteiger partial charge >= 0.3 is 5.97 Å². The summed E-state index contributed by atoms with van der Waals surface area (Å²) in [5.74, 6) is -0.227. The third-order valence-electron chi connectivity index (χ3n) is 4.08. The van der Waals surface area contributed by atoms with Gasteiger partial charge in [0.25, 0.3) is 0 Å². The Kier molecular flexibility index (Phi) is 3.79. The Labute approximate surface area is 127 Å². The van der Waals surface area contributed by atoms with E-state index in [1.165, 1.54) is 17.6 Å². The largest absolute Gasteiger partial charge is 0.468 e. The van der Waals surface area contributed by atoms with E-state index in [2.05, 4.69) is 12.2 Å². The molecule has 2 aliphatic heterocycles. The van der Waals surface area contributed by atoms with Crippen LogP contribution in [0.4, 0.5) is 0 Å². The van der Waals surface area contributed by atoms with Gasteiger partial charge in [-0.1, -0.05) is 11.6 Å². The van der Waals surface area contributed by atoms with Gasteiger partial charge in [0.1, 0.15) is 11.6 Å². The Morgan fingerprint density at radius 1 is 1.60 bits per heavy atom. The quantitative estimate of drug-likeness (QED) is 0.809. The van der Waals surface area contributed by atoms with Crippen molar-refractivity contribution in [3.8, 4) is 0 Å². The molecule has 1 fully saturated rings. The summed E-state index contributed by atoms with van der Waals surface area (Å²) < 4.78 is 11.8. The first-order valence-corrected chi connectivity index (χ1v) is 8.00. The first kappa shape index (κ1) is 14.3. The molecule has 0 radical (unpaired) electrons. The fraction of sp³-hybridized carbons (Fsp3) is 0.643. The van der Waals surface area contributed by atoms with Crippen molar-refractivity contribution in [2.45, 2.75) is 43.9 Å². The zero-order valence-electron chi connectivity index (χ0n) is 11.6. The van der Waals surface area contributed by atoms with Crippen molar-refractivity contribution < 1.29 is 14.3 Å². The van der Waals surface area contributed by atoms with Crippen molar-refractivity contribution in [3.63, 3.8) is 0 Å². The van der Waals surface area contributed by atoms with Gasteiger partial charge in [0.05, 0.1) is 18.1 Å². The molecule has 110 valence electrons. The first-order chi connectivity index (χ1) is 9.54. The average molecular weight is 316 g/mol. The van der Waals surface area contributed by atoms with E-state index in [1.807, 2.05) is 6.07 Å². The van der Waals surface area contributed by atoms with Crippen molar-refractivity contribution >= 4 is 28.9 Å². The molecule has 0 amide bonds. The lowest BCUT2D eigenvalue weighted by molar-refractivity contribution is -0.151. The Bertz CT molecular complexity index is 532. The van der Waals surface area contributed by atoms with Crippen LogP contribution in [-0.2, 0) is 26.3 Å². The molecule has 3 atom stereocenters. The van der Waals surface area contributed by atoms with Crippen molar-refractivity contribution in [1.29, 1.82) is 0 Å². The molecular weight excluding hydrogens is 298 g/mol. The Hall–Kier alpha value is -0.620. The second kappa shape index (κ2) is 5.30. The van der Waals surface area contributed by atoms with Crippen LogP contribution in [0, 0.1) is 0 Å². The predicted octanol–water partition coefficient (Wildman–Crippen LogP) is 2.48. The molecule has 0 saturated carbocycles. The molecule has 3 heterocycles. The molecule has 1 aromatic rings. The Balaban J connectivity index is 1.97. The van der Waals surface area contributed by atoms with E-state index >= 15 is 0 Å². The lowest BCUT2D eigenvalue weighted by Crippen LogP contribution is -2.56. The summed E-state index contributed by atoms with van der Waals surface area (Å²) in [6.07, 6.45) is 2.35. The number of nitrogens with one attached hydrogen (secondary N) is 1. The third kappa shape index (κ3) is 2.37. The number of piperidine rings is 1. The number of methoxy groups -OCH3 is 1. The molecule has 1 spiro atoms. The summed E-state index contributed by atoms with van der Waals surface area (Å²) in [5, 5.41) is 3.29. The summed E-state index contributed by atoms with van der Waals surface area (Å²) >= 11 is 7.75. The molecule has 1 N–H and O–H groups in total. The number of carbonyl (C=O) groups is 1. The number of rotatable bonds is 1. The van der Waals surface area contributed by atoms with Gasteiger partial charge in [-0.25, -0.2) is 0 Å². The van der Waals surface area contributed by atoms with Crippen molar-refractivity contribution in [2.75, 3.05) is 13.7 Å². The highest BCUT2D eigenvalue weighted by atomic mass is 35.5. The highest BCUT2D eigenvalue weighted by Gasteiger charge is 2.47. The number of esters is 1. The zero-order valence-corrected chi connectivity index (χ0v) is 13.1. The molecule has 2 aliphatic rings. The standard InChI is InChI=1S/C14H18ClNO3S/c1-8-6-14(7-10(16-8)13(17)18-2)12-9(3-4-19-14)5-11(15)20-12/h5,8,10,16H,3-4,6-7H2,1-2H3. The molecule has 3 rings (SSSR count). The molecule has 0 bridgehead atoms. The predicted molar refractivity (Wildman–Crippen MR) is 78.3 cm³/mol. The minimum absolute atomic E-state index is 0.194. The number of hydrogen-bond acceptors (Lipinski definition) is 5. The van der Waals surface area contributed by atoms with E-state index in [-0.39, 0.29) is 18.1 Å². The van der Waals surface area contributed by atoms with Crippen LogP contribution in [0.15, 0.2) is 6.07 Å². The molecular formula is C14H18ClNO3S. The van der Waals surface area contributed by atoms with Crippen LogP contribution in [0.25, 0.3) is 0 Å². The molecule has 6 heteroatoms. The van der Waals surface area contributed by atoms with Gasteiger partial charge in [0.15, 0.2) is 0 Å². The summed E-state index contributed by atoms with van der Waals surface area (Å²) in [5.41, 5.74) is 0.874. The van der Waals surface area contributed by atoms with Crippen molar-refractivity contribution in [1.82, 2.24) is 5.32 Å². The summed E-state index contributed by atoms with van der Waals surface area (Å²) in [6, 6.07) is 1.90. The van der Waals surface area contributed by atoms with E-state index in [4.69, 9.17) is 21.1 Å². The monoisotopic (exact) mass is 315 g/mol. The van der Waals surface area contributed by atoms with E-state index in [9.17, 15) is 4.79 Å². The van der Waals surface area contributed by atoms with Crippen LogP contribution in [0.1, 0.15) is 30.2 Å². The topological polar surface area (TPSA) is 47.6 Å². The number of ether oxygens (including phenoxy) is 2. The van der Waals surface area contributed by atoms with Crippen LogP contribution in [0.2, 0.25) is 4.34 Å². The second-order valence-corrected chi connectivity index (χ2v) is 7.23. The molecule has 1 aromatic heterocycles. The van der Waals surface area contributed by atoms with E-state index < -0.39 is 5.60 Å².